The molecule has 102 valence electrons. The molecule has 3 rings (SSSR count). The molecular weight excluding hydrogens is 284 g/mol. The Bertz CT molecular complexity index is 854. The number of methoxy groups -OCH3 is 1. The molecule has 3 nitrogen and oxygen atoms in total. The number of nitrogens with zero attached hydrogens (tertiary/aromatic N) is 2. The highest BCUT2D eigenvalue weighted by atomic mass is 35.5. The number of pyridine rings is 1. The summed E-state index contributed by atoms with van der Waals surface area (Å²) in [5.74, 6) is 0.714. The molecule has 21 heavy (non-hydrogen) atoms. The van der Waals surface area contributed by atoms with Crippen LogP contribution in [0.25, 0.3) is 21.9 Å². The van der Waals surface area contributed by atoms with Crippen molar-refractivity contribution in [2.75, 3.05) is 7.11 Å². The third-order valence-corrected chi connectivity index (χ3v) is 3.62. The molecule has 0 atom stereocenters. The maximum atomic E-state index is 9.39. The minimum atomic E-state index is 0.312. The van der Waals surface area contributed by atoms with Crippen LogP contribution in [0.3, 0.4) is 0 Å². The van der Waals surface area contributed by atoms with Crippen LogP contribution < -0.4 is 4.74 Å². The highest BCUT2D eigenvalue weighted by Crippen LogP contribution is 2.36. The molecule has 0 fully saturated rings. The van der Waals surface area contributed by atoms with E-state index in [1.165, 1.54) is 0 Å². The van der Waals surface area contributed by atoms with E-state index in [-0.39, 0.29) is 0 Å². The molecule has 0 saturated carbocycles. The van der Waals surface area contributed by atoms with Gasteiger partial charge in [0.1, 0.15) is 17.0 Å². The molecule has 4 heteroatoms. The number of ether oxygens (including phenoxy) is 1. The summed E-state index contributed by atoms with van der Waals surface area (Å²) in [7, 11) is 1.61. The van der Waals surface area contributed by atoms with E-state index < -0.39 is 0 Å². The third kappa shape index (κ3) is 2.31. The molecule has 0 radical (unpaired) electrons. The number of rotatable bonds is 2. The third-order valence-electron chi connectivity index (χ3n) is 3.33. The van der Waals surface area contributed by atoms with Crippen molar-refractivity contribution >= 4 is 22.4 Å². The second-order valence-electron chi connectivity index (χ2n) is 4.52. The molecule has 0 saturated heterocycles. The van der Waals surface area contributed by atoms with Gasteiger partial charge in [-0.1, -0.05) is 41.9 Å². The lowest BCUT2D eigenvalue weighted by molar-refractivity contribution is 0.415. The fourth-order valence-corrected chi connectivity index (χ4v) is 2.61. The lowest BCUT2D eigenvalue weighted by atomic mass is 9.97. The lowest BCUT2D eigenvalue weighted by Crippen LogP contribution is -1.94. The molecule has 0 bridgehead atoms. The first-order valence-corrected chi connectivity index (χ1v) is 6.75. The first kappa shape index (κ1) is 13.4. The number of fused-ring (bicyclic) bond motifs is 1. The van der Waals surface area contributed by atoms with Gasteiger partial charge in [-0.3, -0.25) is 0 Å². The topological polar surface area (TPSA) is 45.9 Å². The average Bonchev–Trinajstić information content (AvgIpc) is 2.54. The van der Waals surface area contributed by atoms with Crippen LogP contribution in [0.2, 0.25) is 5.15 Å². The number of hydrogen-bond acceptors (Lipinski definition) is 3. The Kier molecular flexibility index (Phi) is 3.47. The number of nitriles is 1. The van der Waals surface area contributed by atoms with E-state index in [1.54, 1.807) is 7.11 Å². The van der Waals surface area contributed by atoms with Crippen molar-refractivity contribution in [2.24, 2.45) is 0 Å². The van der Waals surface area contributed by atoms with Crippen LogP contribution in [-0.4, -0.2) is 12.1 Å². The molecule has 0 spiro atoms. The first-order valence-electron chi connectivity index (χ1n) is 6.37. The molecule has 0 aliphatic heterocycles. The molecule has 0 N–H and O–H groups in total. The predicted molar refractivity (Wildman–Crippen MR) is 83.5 cm³/mol. The van der Waals surface area contributed by atoms with Crippen LogP contribution in [0, 0.1) is 11.3 Å². The summed E-state index contributed by atoms with van der Waals surface area (Å²) in [6, 6.07) is 17.4. The summed E-state index contributed by atoms with van der Waals surface area (Å²) in [5, 5.41) is 11.4. The van der Waals surface area contributed by atoms with Crippen LogP contribution in [-0.2, 0) is 0 Å². The molecule has 0 aliphatic rings. The van der Waals surface area contributed by atoms with Crippen molar-refractivity contribution in [1.82, 2.24) is 4.98 Å². The van der Waals surface area contributed by atoms with Crippen molar-refractivity contribution in [2.45, 2.75) is 0 Å². The van der Waals surface area contributed by atoms with E-state index in [1.807, 2.05) is 48.5 Å². The van der Waals surface area contributed by atoms with Crippen LogP contribution in [0.5, 0.6) is 5.75 Å². The normalized spacial score (nSPS) is 10.3. The van der Waals surface area contributed by atoms with Crippen molar-refractivity contribution in [3.8, 4) is 22.9 Å². The Labute approximate surface area is 127 Å². The first-order chi connectivity index (χ1) is 10.2. The van der Waals surface area contributed by atoms with Gasteiger partial charge in [0.2, 0.25) is 0 Å². The van der Waals surface area contributed by atoms with Crippen LogP contribution in [0.4, 0.5) is 0 Å². The van der Waals surface area contributed by atoms with Gasteiger partial charge < -0.3 is 4.74 Å². The summed E-state index contributed by atoms with van der Waals surface area (Å²) < 4.78 is 5.28. The van der Waals surface area contributed by atoms with Crippen molar-refractivity contribution in [3.05, 3.63) is 59.4 Å². The van der Waals surface area contributed by atoms with Gasteiger partial charge in [0, 0.05) is 10.9 Å². The van der Waals surface area contributed by atoms with Crippen LogP contribution in [0.15, 0.2) is 48.5 Å². The molecule has 2 aromatic carbocycles. The minimum Gasteiger partial charge on any atom is -0.497 e. The van der Waals surface area contributed by atoms with Crippen molar-refractivity contribution < 1.29 is 4.74 Å². The Morgan fingerprint density at radius 2 is 1.86 bits per heavy atom. The molecule has 1 heterocycles. The largest absolute Gasteiger partial charge is 0.497 e. The van der Waals surface area contributed by atoms with Crippen molar-refractivity contribution in [3.63, 3.8) is 0 Å². The van der Waals surface area contributed by atoms with E-state index in [0.29, 0.717) is 16.6 Å². The lowest BCUT2D eigenvalue weighted by Gasteiger charge is -2.11. The second kappa shape index (κ2) is 5.43. The SMILES string of the molecule is COc1ccc2c(Cl)nc(C#N)c(-c3ccccc3)c2c1. The predicted octanol–water partition coefficient (Wildman–Crippen LogP) is 4.44. The maximum Gasteiger partial charge on any atom is 0.150 e. The number of halogens is 1. The van der Waals surface area contributed by atoms with E-state index >= 15 is 0 Å². The number of aromatic nitrogens is 1. The van der Waals surface area contributed by atoms with Crippen LogP contribution in [0.1, 0.15) is 5.69 Å². The summed E-state index contributed by atoms with van der Waals surface area (Å²) >= 11 is 6.19. The molecule has 0 aliphatic carbocycles. The molecule has 3 aromatic rings. The summed E-state index contributed by atoms with van der Waals surface area (Å²) in [6.45, 7) is 0. The highest BCUT2D eigenvalue weighted by Gasteiger charge is 2.15. The fraction of sp³-hybridized carbons (Fsp3) is 0.0588. The van der Waals surface area contributed by atoms with E-state index in [4.69, 9.17) is 16.3 Å². The molecule has 0 unspecified atom stereocenters. The van der Waals surface area contributed by atoms with Gasteiger partial charge in [-0.05, 0) is 29.1 Å². The van der Waals surface area contributed by atoms with Gasteiger partial charge in [-0.25, -0.2) is 4.98 Å². The Morgan fingerprint density at radius 1 is 1.10 bits per heavy atom. The number of hydrogen-bond donors (Lipinski definition) is 0. The van der Waals surface area contributed by atoms with Gasteiger partial charge >= 0.3 is 0 Å². The summed E-state index contributed by atoms with van der Waals surface area (Å²) in [5.41, 5.74) is 2.01. The average molecular weight is 295 g/mol. The summed E-state index contributed by atoms with van der Waals surface area (Å²) in [6.07, 6.45) is 0. The van der Waals surface area contributed by atoms with E-state index in [9.17, 15) is 5.26 Å². The highest BCUT2D eigenvalue weighted by molar-refractivity contribution is 6.35. The van der Waals surface area contributed by atoms with Gasteiger partial charge in [0.25, 0.3) is 0 Å². The molecular formula is C17H11ClN2O. The zero-order valence-electron chi connectivity index (χ0n) is 11.3. The quantitative estimate of drug-likeness (QED) is 0.657. The zero-order chi connectivity index (χ0) is 14.8. The van der Waals surface area contributed by atoms with Gasteiger partial charge in [-0.2, -0.15) is 5.26 Å². The maximum absolute atomic E-state index is 9.39. The Hall–Kier alpha value is -2.57. The van der Waals surface area contributed by atoms with E-state index in [0.717, 1.165) is 21.9 Å². The summed E-state index contributed by atoms with van der Waals surface area (Å²) in [4.78, 5) is 4.22. The molecule has 0 amide bonds. The minimum absolute atomic E-state index is 0.312. The molecule has 1 aromatic heterocycles. The standard InChI is InChI=1S/C17H11ClN2O/c1-21-12-7-8-13-14(9-12)16(11-5-3-2-4-6-11)15(10-19)20-17(13)18/h2-9H,1H3. The zero-order valence-corrected chi connectivity index (χ0v) is 12.1. The van der Waals surface area contributed by atoms with Gasteiger partial charge in [0.15, 0.2) is 5.69 Å². The van der Waals surface area contributed by atoms with Gasteiger partial charge in [0.05, 0.1) is 7.11 Å². The second-order valence-corrected chi connectivity index (χ2v) is 4.87. The Morgan fingerprint density at radius 3 is 2.52 bits per heavy atom. The fourth-order valence-electron chi connectivity index (χ4n) is 2.36. The van der Waals surface area contributed by atoms with E-state index in [2.05, 4.69) is 11.1 Å². The van der Waals surface area contributed by atoms with Crippen LogP contribution >= 0.6 is 11.6 Å². The smallest absolute Gasteiger partial charge is 0.150 e. The monoisotopic (exact) mass is 294 g/mol. The Balaban J connectivity index is 2.45. The number of benzene rings is 2. The van der Waals surface area contributed by atoms with Crippen molar-refractivity contribution in [1.29, 1.82) is 5.26 Å². The van der Waals surface area contributed by atoms with Gasteiger partial charge in [-0.15, -0.1) is 0 Å².